The van der Waals surface area contributed by atoms with E-state index in [4.69, 9.17) is 0 Å². The van der Waals surface area contributed by atoms with Crippen LogP contribution in [0.3, 0.4) is 0 Å². The fraction of sp³-hybridized carbons (Fsp3) is 0.174. The van der Waals surface area contributed by atoms with Gasteiger partial charge in [-0.2, -0.15) is 10.2 Å². The molecule has 1 aromatic heterocycles. The topological polar surface area (TPSA) is 59.3 Å². The molecule has 0 saturated heterocycles. The highest BCUT2D eigenvalue weighted by Crippen LogP contribution is 2.09. The Morgan fingerprint density at radius 2 is 1.82 bits per heavy atom. The van der Waals surface area contributed by atoms with E-state index in [0.717, 1.165) is 28.2 Å². The largest absolute Gasteiger partial charge is 0.271 e. The summed E-state index contributed by atoms with van der Waals surface area (Å²) in [4.78, 5) is 12.3. The van der Waals surface area contributed by atoms with Crippen molar-refractivity contribution in [3.8, 4) is 0 Å². The summed E-state index contributed by atoms with van der Waals surface area (Å²) < 4.78 is 1.96. The summed E-state index contributed by atoms with van der Waals surface area (Å²) in [5.41, 5.74) is 8.18. The van der Waals surface area contributed by atoms with Gasteiger partial charge in [0, 0.05) is 11.3 Å². The number of amides is 1. The summed E-state index contributed by atoms with van der Waals surface area (Å²) in [6, 6.07) is 19.5. The number of aromatic nitrogens is 2. The van der Waals surface area contributed by atoms with Crippen LogP contribution in [0.2, 0.25) is 0 Å². The Labute approximate surface area is 165 Å². The number of nitrogens with zero attached hydrogens (tertiary/aromatic N) is 3. The van der Waals surface area contributed by atoms with Crippen molar-refractivity contribution >= 4 is 17.7 Å². The van der Waals surface area contributed by atoms with E-state index in [1.807, 2.05) is 86.1 Å². The van der Waals surface area contributed by atoms with E-state index in [9.17, 15) is 4.79 Å². The van der Waals surface area contributed by atoms with Gasteiger partial charge in [-0.25, -0.2) is 5.43 Å². The van der Waals surface area contributed by atoms with E-state index in [1.54, 1.807) is 12.1 Å². The smallest absolute Gasteiger partial charge is 0.267 e. The van der Waals surface area contributed by atoms with E-state index >= 15 is 0 Å². The van der Waals surface area contributed by atoms with Crippen molar-refractivity contribution in [2.75, 3.05) is 0 Å². The van der Waals surface area contributed by atoms with E-state index in [2.05, 4.69) is 15.6 Å². The lowest BCUT2D eigenvalue weighted by atomic mass is 10.1. The summed E-state index contributed by atoms with van der Waals surface area (Å²) in [6.45, 7) is 6.54. The van der Waals surface area contributed by atoms with Gasteiger partial charge in [0.1, 0.15) is 0 Å². The number of carbonyl (C=O) groups excluding carboxylic acids is 1. The minimum Gasteiger partial charge on any atom is -0.267 e. The first-order valence-electron chi connectivity index (χ1n) is 9.19. The van der Waals surface area contributed by atoms with Crippen LogP contribution in [0.15, 0.2) is 71.8 Å². The Kier molecular flexibility index (Phi) is 6.17. The molecule has 0 spiro atoms. The van der Waals surface area contributed by atoms with Crippen molar-refractivity contribution in [3.05, 3.63) is 94.8 Å². The summed E-state index contributed by atoms with van der Waals surface area (Å²) in [5, 5.41) is 8.60. The second kappa shape index (κ2) is 8.95. The lowest BCUT2D eigenvalue weighted by Gasteiger charge is -2.06. The molecule has 0 atom stereocenters. The number of rotatable bonds is 6. The van der Waals surface area contributed by atoms with Crippen LogP contribution in [-0.2, 0) is 6.54 Å². The number of hydrazone groups is 1. The number of hydrogen-bond acceptors (Lipinski definition) is 3. The Morgan fingerprint density at radius 1 is 1.11 bits per heavy atom. The van der Waals surface area contributed by atoms with Crippen molar-refractivity contribution < 1.29 is 4.79 Å². The molecule has 1 N–H and O–H groups in total. The van der Waals surface area contributed by atoms with Crippen LogP contribution in [0, 0.1) is 13.8 Å². The van der Waals surface area contributed by atoms with Crippen molar-refractivity contribution in [2.45, 2.75) is 27.3 Å². The predicted octanol–water partition coefficient (Wildman–Crippen LogP) is 4.37. The number of carbonyl (C=O) groups is 1. The van der Waals surface area contributed by atoms with Gasteiger partial charge in [0.15, 0.2) is 0 Å². The maximum Gasteiger partial charge on any atom is 0.271 e. The standard InChI is InChI=1S/C23H24N4O/c1-17(9-10-20-7-5-4-6-8-20)24-25-23(28)22-13-11-21(12-14-22)16-27-19(3)15-18(2)26-27/h4-15H,16H2,1-3H3,(H,25,28). The van der Waals surface area contributed by atoms with Crippen molar-refractivity contribution in [1.29, 1.82) is 0 Å². The monoisotopic (exact) mass is 372 g/mol. The quantitative estimate of drug-likeness (QED) is 0.516. The molecule has 0 aliphatic rings. The molecule has 28 heavy (non-hydrogen) atoms. The van der Waals surface area contributed by atoms with E-state index in [1.165, 1.54) is 0 Å². The molecule has 5 nitrogen and oxygen atoms in total. The Hall–Kier alpha value is -3.47. The van der Waals surface area contributed by atoms with Gasteiger partial charge in [0.25, 0.3) is 5.91 Å². The zero-order chi connectivity index (χ0) is 19.9. The van der Waals surface area contributed by atoms with Crippen LogP contribution in [0.5, 0.6) is 0 Å². The minimum atomic E-state index is -0.231. The Balaban J connectivity index is 1.58. The van der Waals surface area contributed by atoms with Gasteiger partial charge in [-0.15, -0.1) is 0 Å². The summed E-state index contributed by atoms with van der Waals surface area (Å²) in [5.74, 6) is -0.231. The third-order valence-electron chi connectivity index (χ3n) is 4.30. The fourth-order valence-corrected chi connectivity index (χ4v) is 2.79. The number of allylic oxidation sites excluding steroid dienone is 1. The summed E-state index contributed by atoms with van der Waals surface area (Å²) >= 11 is 0. The van der Waals surface area contributed by atoms with Crippen molar-refractivity contribution in [3.63, 3.8) is 0 Å². The first kappa shape index (κ1) is 19.3. The van der Waals surface area contributed by atoms with Gasteiger partial charge in [0.05, 0.1) is 18.0 Å². The molecule has 0 unspecified atom stereocenters. The van der Waals surface area contributed by atoms with Crippen LogP contribution in [-0.4, -0.2) is 21.4 Å². The Morgan fingerprint density at radius 3 is 2.46 bits per heavy atom. The van der Waals surface area contributed by atoms with Crippen LogP contribution < -0.4 is 5.43 Å². The number of benzene rings is 2. The third-order valence-corrected chi connectivity index (χ3v) is 4.30. The molecule has 0 radical (unpaired) electrons. The van der Waals surface area contributed by atoms with Gasteiger partial charge in [-0.3, -0.25) is 9.48 Å². The lowest BCUT2D eigenvalue weighted by Crippen LogP contribution is -2.18. The van der Waals surface area contributed by atoms with Crippen LogP contribution >= 0.6 is 0 Å². The Bertz CT molecular complexity index is 999. The molecule has 0 saturated carbocycles. The van der Waals surface area contributed by atoms with E-state index < -0.39 is 0 Å². The molecule has 142 valence electrons. The molecule has 3 rings (SSSR count). The second-order valence-corrected chi connectivity index (χ2v) is 6.72. The first-order valence-corrected chi connectivity index (χ1v) is 9.19. The van der Waals surface area contributed by atoms with Gasteiger partial charge >= 0.3 is 0 Å². The average Bonchev–Trinajstić information content (AvgIpc) is 3.02. The molecule has 1 heterocycles. The molecule has 0 aliphatic heterocycles. The van der Waals surface area contributed by atoms with E-state index in [0.29, 0.717) is 12.1 Å². The number of aryl methyl sites for hydroxylation is 2. The maximum absolute atomic E-state index is 12.3. The fourth-order valence-electron chi connectivity index (χ4n) is 2.79. The molecular weight excluding hydrogens is 348 g/mol. The van der Waals surface area contributed by atoms with Crippen molar-refractivity contribution in [1.82, 2.24) is 15.2 Å². The normalized spacial score (nSPS) is 11.8. The summed E-state index contributed by atoms with van der Waals surface area (Å²) in [7, 11) is 0. The molecular formula is C23H24N4O. The second-order valence-electron chi connectivity index (χ2n) is 6.72. The SMILES string of the molecule is CC(C=Cc1ccccc1)=NNC(=O)c1ccc(Cn2nc(C)cc2C)cc1. The first-order chi connectivity index (χ1) is 13.5. The highest BCUT2D eigenvalue weighted by molar-refractivity contribution is 5.99. The van der Waals surface area contributed by atoms with Gasteiger partial charge in [0.2, 0.25) is 0 Å². The minimum absolute atomic E-state index is 0.231. The lowest BCUT2D eigenvalue weighted by molar-refractivity contribution is 0.0955. The molecule has 3 aromatic rings. The van der Waals surface area contributed by atoms with Crippen molar-refractivity contribution in [2.24, 2.45) is 5.10 Å². The molecule has 0 bridgehead atoms. The molecule has 0 fully saturated rings. The van der Waals surface area contributed by atoms with Gasteiger partial charge in [-0.1, -0.05) is 48.5 Å². The number of nitrogens with one attached hydrogen (secondary N) is 1. The van der Waals surface area contributed by atoms with Crippen LogP contribution in [0.25, 0.3) is 6.08 Å². The van der Waals surface area contributed by atoms with Gasteiger partial charge < -0.3 is 0 Å². The van der Waals surface area contributed by atoms with E-state index in [-0.39, 0.29) is 5.91 Å². The number of hydrogen-bond donors (Lipinski definition) is 1. The third kappa shape index (κ3) is 5.27. The molecule has 2 aromatic carbocycles. The zero-order valence-corrected chi connectivity index (χ0v) is 16.4. The van der Waals surface area contributed by atoms with Crippen LogP contribution in [0.4, 0.5) is 0 Å². The molecule has 0 aliphatic carbocycles. The van der Waals surface area contributed by atoms with Crippen LogP contribution in [0.1, 0.15) is 39.8 Å². The summed E-state index contributed by atoms with van der Waals surface area (Å²) in [6.07, 6.45) is 3.83. The predicted molar refractivity (Wildman–Crippen MR) is 113 cm³/mol. The van der Waals surface area contributed by atoms with Gasteiger partial charge in [-0.05, 0) is 56.2 Å². The molecule has 1 amide bonds. The highest BCUT2D eigenvalue weighted by Gasteiger charge is 2.06. The average molecular weight is 372 g/mol. The molecule has 5 heteroatoms. The zero-order valence-electron chi connectivity index (χ0n) is 16.4. The highest BCUT2D eigenvalue weighted by atomic mass is 16.2. The maximum atomic E-state index is 12.3.